The van der Waals surface area contributed by atoms with Gasteiger partial charge < -0.3 is 14.3 Å². The Bertz CT molecular complexity index is 673. The average molecular weight is 290 g/mol. The molecule has 0 bridgehead atoms. The highest BCUT2D eigenvalue weighted by atomic mass is 32.1. The minimum Gasteiger partial charge on any atom is -0.494 e. The number of para-hydroxylation sites is 1. The topological polar surface area (TPSA) is 29.9 Å². The molecule has 0 amide bonds. The number of H-pyrrole nitrogens is 1. The molecule has 1 heterocycles. The molecule has 0 unspecified atom stereocenters. The predicted molar refractivity (Wildman–Crippen MR) is 85.0 cm³/mol. The molecule has 0 radical (unpaired) electrons. The first-order valence-corrected chi connectivity index (χ1v) is 7.70. The van der Waals surface area contributed by atoms with Crippen LogP contribution in [0.15, 0.2) is 18.2 Å². The van der Waals surface area contributed by atoms with Crippen molar-refractivity contribution in [1.82, 2.24) is 9.55 Å². The Morgan fingerprint density at radius 3 is 2.65 bits per heavy atom. The highest BCUT2D eigenvalue weighted by molar-refractivity contribution is 7.71. The van der Waals surface area contributed by atoms with E-state index in [2.05, 4.69) is 29.5 Å². The van der Waals surface area contributed by atoms with Gasteiger partial charge in [0.05, 0.1) is 12.6 Å². The second-order valence-electron chi connectivity index (χ2n) is 6.55. The Hall–Kier alpha value is -1.29. The van der Waals surface area contributed by atoms with Crippen LogP contribution in [0, 0.1) is 10.2 Å². The van der Waals surface area contributed by atoms with Crippen molar-refractivity contribution in [2.24, 2.45) is 5.41 Å². The first kappa shape index (κ1) is 13.7. The maximum Gasteiger partial charge on any atom is 0.178 e. The van der Waals surface area contributed by atoms with Crippen molar-refractivity contribution in [3.05, 3.63) is 23.0 Å². The summed E-state index contributed by atoms with van der Waals surface area (Å²) in [7, 11) is 1.70. The van der Waals surface area contributed by atoms with Crippen LogP contribution in [0.1, 0.15) is 45.6 Å². The molecule has 2 aromatic rings. The zero-order valence-corrected chi connectivity index (χ0v) is 13.2. The van der Waals surface area contributed by atoms with Crippen LogP contribution >= 0.6 is 12.2 Å². The lowest BCUT2D eigenvalue weighted by Crippen LogP contribution is -2.23. The van der Waals surface area contributed by atoms with Gasteiger partial charge in [0.15, 0.2) is 4.77 Å². The fraction of sp³-hybridized carbons (Fsp3) is 0.562. The van der Waals surface area contributed by atoms with E-state index in [0.29, 0.717) is 11.5 Å². The van der Waals surface area contributed by atoms with Crippen LogP contribution in [0.4, 0.5) is 0 Å². The number of hydrogen-bond acceptors (Lipinski definition) is 2. The number of nitrogens with one attached hydrogen (secondary N) is 1. The molecule has 3 rings (SSSR count). The molecule has 1 aliphatic carbocycles. The van der Waals surface area contributed by atoms with Crippen LogP contribution in [-0.2, 0) is 0 Å². The molecule has 0 spiro atoms. The van der Waals surface area contributed by atoms with E-state index in [1.54, 1.807) is 7.11 Å². The SMILES string of the molecule is COc1cccc2c1[nH]c(=S)n2C1CCC(C)(C)CC1. The van der Waals surface area contributed by atoms with Crippen molar-refractivity contribution in [1.29, 1.82) is 0 Å². The van der Waals surface area contributed by atoms with E-state index in [4.69, 9.17) is 17.0 Å². The summed E-state index contributed by atoms with van der Waals surface area (Å²) in [5, 5.41) is 0. The maximum absolute atomic E-state index is 5.55. The number of aromatic amines is 1. The van der Waals surface area contributed by atoms with E-state index in [9.17, 15) is 0 Å². The van der Waals surface area contributed by atoms with Crippen LogP contribution in [0.3, 0.4) is 0 Å². The molecule has 4 heteroatoms. The Labute approximate surface area is 125 Å². The summed E-state index contributed by atoms with van der Waals surface area (Å²) in [5.41, 5.74) is 2.66. The quantitative estimate of drug-likeness (QED) is 0.801. The number of rotatable bonds is 2. The van der Waals surface area contributed by atoms with Gasteiger partial charge in [0.25, 0.3) is 0 Å². The lowest BCUT2D eigenvalue weighted by atomic mass is 9.75. The Morgan fingerprint density at radius 2 is 2.00 bits per heavy atom. The van der Waals surface area contributed by atoms with E-state index >= 15 is 0 Å². The number of methoxy groups -OCH3 is 1. The zero-order valence-electron chi connectivity index (χ0n) is 12.4. The van der Waals surface area contributed by atoms with Gasteiger partial charge in [0, 0.05) is 6.04 Å². The largest absolute Gasteiger partial charge is 0.494 e. The number of ether oxygens (including phenoxy) is 1. The summed E-state index contributed by atoms with van der Waals surface area (Å²) in [4.78, 5) is 3.32. The molecule has 1 aromatic carbocycles. The van der Waals surface area contributed by atoms with Crippen LogP contribution in [0.25, 0.3) is 11.0 Å². The number of hydrogen-bond donors (Lipinski definition) is 1. The minimum atomic E-state index is 0.475. The van der Waals surface area contributed by atoms with Gasteiger partial charge in [-0.3, -0.25) is 0 Å². The normalized spacial score (nSPS) is 19.4. The van der Waals surface area contributed by atoms with Gasteiger partial charge in [-0.25, -0.2) is 0 Å². The van der Waals surface area contributed by atoms with Crippen molar-refractivity contribution >= 4 is 23.3 Å². The standard InChI is InChI=1S/C16H22N2OS/c1-16(2)9-7-11(8-10-16)18-12-5-4-6-13(19-3)14(12)17-15(18)20/h4-6,11H,7-10H2,1-3H3,(H,17,20). The zero-order chi connectivity index (χ0) is 14.3. The Kier molecular flexibility index (Phi) is 3.36. The van der Waals surface area contributed by atoms with Crippen LogP contribution in [0.5, 0.6) is 5.75 Å². The van der Waals surface area contributed by atoms with Crippen LogP contribution < -0.4 is 4.74 Å². The van der Waals surface area contributed by atoms with Crippen LogP contribution in [0.2, 0.25) is 0 Å². The van der Waals surface area contributed by atoms with Crippen molar-refractivity contribution in [3.8, 4) is 5.75 Å². The second-order valence-corrected chi connectivity index (χ2v) is 6.94. The van der Waals surface area contributed by atoms with E-state index in [0.717, 1.165) is 16.0 Å². The molecule has 1 fully saturated rings. The summed E-state index contributed by atoms with van der Waals surface area (Å²) in [6.45, 7) is 4.72. The molecule has 0 saturated heterocycles. The van der Waals surface area contributed by atoms with Crippen molar-refractivity contribution in [2.45, 2.75) is 45.6 Å². The lowest BCUT2D eigenvalue weighted by molar-refractivity contribution is 0.195. The fourth-order valence-electron chi connectivity index (χ4n) is 3.30. The molecule has 20 heavy (non-hydrogen) atoms. The average Bonchev–Trinajstić information content (AvgIpc) is 2.75. The molecular weight excluding hydrogens is 268 g/mol. The van der Waals surface area contributed by atoms with E-state index in [-0.39, 0.29) is 0 Å². The fourth-order valence-corrected chi connectivity index (χ4v) is 3.65. The van der Waals surface area contributed by atoms with Gasteiger partial charge in [-0.05, 0) is 55.4 Å². The number of benzene rings is 1. The highest BCUT2D eigenvalue weighted by Gasteiger charge is 2.28. The second kappa shape index (κ2) is 4.92. The summed E-state index contributed by atoms with van der Waals surface area (Å²) in [5.74, 6) is 0.864. The molecule has 1 N–H and O–H groups in total. The summed E-state index contributed by atoms with van der Waals surface area (Å²) in [6, 6.07) is 6.65. The molecule has 1 saturated carbocycles. The molecule has 3 nitrogen and oxygen atoms in total. The van der Waals surface area contributed by atoms with E-state index in [1.165, 1.54) is 31.2 Å². The van der Waals surface area contributed by atoms with Crippen molar-refractivity contribution in [2.75, 3.05) is 7.11 Å². The third-order valence-corrected chi connectivity index (χ3v) is 4.91. The molecule has 108 valence electrons. The summed E-state index contributed by atoms with van der Waals surface area (Å²) < 4.78 is 8.53. The Balaban J connectivity index is 2.04. The van der Waals surface area contributed by atoms with Gasteiger partial charge in [-0.1, -0.05) is 19.9 Å². The monoisotopic (exact) mass is 290 g/mol. The van der Waals surface area contributed by atoms with Gasteiger partial charge in [-0.15, -0.1) is 0 Å². The molecule has 1 aromatic heterocycles. The first-order valence-electron chi connectivity index (χ1n) is 7.29. The van der Waals surface area contributed by atoms with Crippen molar-refractivity contribution in [3.63, 3.8) is 0 Å². The van der Waals surface area contributed by atoms with Gasteiger partial charge >= 0.3 is 0 Å². The number of fused-ring (bicyclic) bond motifs is 1. The lowest BCUT2D eigenvalue weighted by Gasteiger charge is -2.35. The number of nitrogens with zero attached hydrogens (tertiary/aromatic N) is 1. The van der Waals surface area contributed by atoms with Gasteiger partial charge in [0.2, 0.25) is 0 Å². The van der Waals surface area contributed by atoms with Gasteiger partial charge in [-0.2, -0.15) is 0 Å². The third-order valence-electron chi connectivity index (χ3n) is 4.61. The number of imidazole rings is 1. The first-order chi connectivity index (χ1) is 9.52. The maximum atomic E-state index is 5.55. The van der Waals surface area contributed by atoms with Crippen LogP contribution in [-0.4, -0.2) is 16.7 Å². The third kappa shape index (κ3) is 2.26. The van der Waals surface area contributed by atoms with E-state index < -0.39 is 0 Å². The molecule has 1 aliphatic rings. The summed E-state index contributed by atoms with van der Waals surface area (Å²) >= 11 is 5.55. The molecule has 0 atom stereocenters. The number of aromatic nitrogens is 2. The highest BCUT2D eigenvalue weighted by Crippen LogP contribution is 2.41. The summed E-state index contributed by atoms with van der Waals surface area (Å²) in [6.07, 6.45) is 4.92. The molecular formula is C16H22N2OS. The van der Waals surface area contributed by atoms with Gasteiger partial charge in [0.1, 0.15) is 11.3 Å². The van der Waals surface area contributed by atoms with E-state index in [1.807, 2.05) is 12.1 Å². The van der Waals surface area contributed by atoms with Crippen molar-refractivity contribution < 1.29 is 4.74 Å². The smallest absolute Gasteiger partial charge is 0.178 e. The predicted octanol–water partition coefficient (Wildman–Crippen LogP) is 4.85. The molecule has 0 aliphatic heterocycles. The Morgan fingerprint density at radius 1 is 1.30 bits per heavy atom. The minimum absolute atomic E-state index is 0.475.